The van der Waals surface area contributed by atoms with E-state index in [4.69, 9.17) is 10.9 Å². The molecule has 2 rings (SSSR count). The van der Waals surface area contributed by atoms with E-state index in [-0.39, 0.29) is 11.8 Å². The van der Waals surface area contributed by atoms with E-state index in [9.17, 15) is 9.90 Å². The van der Waals surface area contributed by atoms with E-state index >= 15 is 0 Å². The van der Waals surface area contributed by atoms with Crippen LogP contribution in [-0.2, 0) is 6.42 Å². The summed E-state index contributed by atoms with van der Waals surface area (Å²) in [5.74, 6) is 0.735. The smallest absolute Gasteiger partial charge is 0.407 e. The second-order valence-electron chi connectivity index (χ2n) is 6.60. The van der Waals surface area contributed by atoms with E-state index in [0.717, 1.165) is 17.5 Å². The van der Waals surface area contributed by atoms with Crippen LogP contribution in [0.25, 0.3) is 0 Å². The number of fused-ring (bicyclic) bond motifs is 1. The van der Waals surface area contributed by atoms with Gasteiger partial charge in [0.2, 0.25) is 0 Å². The van der Waals surface area contributed by atoms with Crippen molar-refractivity contribution >= 4 is 11.9 Å². The average molecular weight is 319 g/mol. The Hall–Kier alpha value is -2.24. The van der Waals surface area contributed by atoms with Crippen molar-refractivity contribution in [2.45, 2.75) is 39.5 Å². The molecule has 1 atom stereocenters. The molecule has 23 heavy (non-hydrogen) atoms. The molecule has 1 aliphatic heterocycles. The Morgan fingerprint density at radius 2 is 2.17 bits per heavy atom. The predicted octanol–water partition coefficient (Wildman–Crippen LogP) is 2.76. The first-order chi connectivity index (χ1) is 10.8. The van der Waals surface area contributed by atoms with Crippen molar-refractivity contribution in [2.24, 2.45) is 16.8 Å². The fraction of sp³-hybridized carbons (Fsp3) is 0.529. The second-order valence-corrected chi connectivity index (χ2v) is 6.60. The van der Waals surface area contributed by atoms with Gasteiger partial charge in [-0.1, -0.05) is 31.1 Å². The number of rotatable bonds is 3. The first-order valence-corrected chi connectivity index (χ1v) is 7.93. The molecule has 0 aliphatic carbocycles. The molecule has 1 aromatic carbocycles. The fourth-order valence-electron chi connectivity index (χ4n) is 3.47. The minimum atomic E-state index is -0.874. The Labute approximate surface area is 136 Å². The van der Waals surface area contributed by atoms with Crippen molar-refractivity contribution < 1.29 is 15.1 Å². The monoisotopic (exact) mass is 319 g/mol. The molecule has 1 amide bonds. The predicted molar refractivity (Wildman–Crippen MR) is 89.2 cm³/mol. The van der Waals surface area contributed by atoms with Gasteiger partial charge in [-0.15, -0.1) is 0 Å². The van der Waals surface area contributed by atoms with E-state index in [1.807, 2.05) is 19.1 Å². The van der Waals surface area contributed by atoms with Gasteiger partial charge < -0.3 is 20.9 Å². The van der Waals surface area contributed by atoms with Gasteiger partial charge in [-0.2, -0.15) is 0 Å². The van der Waals surface area contributed by atoms with Crippen molar-refractivity contribution in [3.05, 3.63) is 34.4 Å². The van der Waals surface area contributed by atoms with Gasteiger partial charge in [0.15, 0.2) is 5.84 Å². The molecule has 6 nitrogen and oxygen atoms in total. The Morgan fingerprint density at radius 3 is 2.74 bits per heavy atom. The minimum absolute atomic E-state index is 0.0880. The number of hydrogen-bond donors (Lipinski definition) is 3. The number of amidine groups is 1. The molecule has 0 spiro atoms. The number of carbonyl (C=O) groups is 1. The van der Waals surface area contributed by atoms with Gasteiger partial charge in [0.05, 0.1) is 0 Å². The third-order valence-electron chi connectivity index (χ3n) is 4.56. The third kappa shape index (κ3) is 3.57. The maximum Gasteiger partial charge on any atom is 0.407 e. The van der Waals surface area contributed by atoms with Gasteiger partial charge in [0, 0.05) is 24.6 Å². The summed E-state index contributed by atoms with van der Waals surface area (Å²) in [6, 6.07) is 3.88. The third-order valence-corrected chi connectivity index (χ3v) is 4.56. The highest BCUT2D eigenvalue weighted by molar-refractivity contribution is 5.98. The van der Waals surface area contributed by atoms with Crippen molar-refractivity contribution in [1.29, 1.82) is 0 Å². The molecule has 0 saturated carbocycles. The van der Waals surface area contributed by atoms with Gasteiger partial charge in [-0.25, -0.2) is 4.79 Å². The van der Waals surface area contributed by atoms with E-state index < -0.39 is 6.09 Å². The van der Waals surface area contributed by atoms with E-state index in [1.54, 1.807) is 0 Å². The SMILES string of the molecule is Cc1c(C(N)=NO)ccc2c1CCN(C(=O)O)CC2CC(C)C. The fourth-order valence-corrected chi connectivity index (χ4v) is 3.47. The van der Waals surface area contributed by atoms with Crippen LogP contribution in [0, 0.1) is 12.8 Å². The number of oxime groups is 1. The van der Waals surface area contributed by atoms with Crippen LogP contribution in [0.4, 0.5) is 4.79 Å². The molecule has 1 unspecified atom stereocenters. The molecule has 0 saturated heterocycles. The Morgan fingerprint density at radius 1 is 1.48 bits per heavy atom. The topological polar surface area (TPSA) is 99.2 Å². The molecule has 0 aromatic heterocycles. The number of nitrogens with zero attached hydrogens (tertiary/aromatic N) is 2. The Bertz CT molecular complexity index is 626. The normalized spacial score (nSPS) is 18.7. The molecule has 0 fully saturated rings. The zero-order chi connectivity index (χ0) is 17.1. The number of amides is 1. The van der Waals surface area contributed by atoms with Gasteiger partial charge in [0.25, 0.3) is 0 Å². The lowest BCUT2D eigenvalue weighted by Crippen LogP contribution is -2.33. The highest BCUT2D eigenvalue weighted by Crippen LogP contribution is 2.33. The first-order valence-electron chi connectivity index (χ1n) is 7.93. The summed E-state index contributed by atoms with van der Waals surface area (Å²) < 4.78 is 0. The summed E-state index contributed by atoms with van der Waals surface area (Å²) >= 11 is 0. The molecular weight excluding hydrogens is 294 g/mol. The summed E-state index contributed by atoms with van der Waals surface area (Å²) in [5, 5.41) is 21.4. The lowest BCUT2D eigenvalue weighted by molar-refractivity contribution is 0.142. The van der Waals surface area contributed by atoms with Crippen LogP contribution in [0.5, 0.6) is 0 Å². The molecule has 0 bridgehead atoms. The Balaban J connectivity index is 2.50. The maximum atomic E-state index is 11.4. The number of carboxylic acid groups (broad SMARTS) is 1. The Kier molecular flexibility index (Phi) is 5.13. The molecule has 1 heterocycles. The maximum absolute atomic E-state index is 11.4. The van der Waals surface area contributed by atoms with Crippen LogP contribution >= 0.6 is 0 Å². The van der Waals surface area contributed by atoms with E-state index in [1.165, 1.54) is 10.5 Å². The van der Waals surface area contributed by atoms with Crippen molar-refractivity contribution in [3.8, 4) is 0 Å². The van der Waals surface area contributed by atoms with Crippen molar-refractivity contribution in [2.75, 3.05) is 13.1 Å². The van der Waals surface area contributed by atoms with Crippen molar-refractivity contribution in [3.63, 3.8) is 0 Å². The van der Waals surface area contributed by atoms with Crippen molar-refractivity contribution in [1.82, 2.24) is 4.90 Å². The quantitative estimate of drug-likeness (QED) is 0.345. The van der Waals surface area contributed by atoms with Gasteiger partial charge in [0.1, 0.15) is 0 Å². The summed E-state index contributed by atoms with van der Waals surface area (Å²) in [7, 11) is 0. The summed E-state index contributed by atoms with van der Waals surface area (Å²) in [6.45, 7) is 7.23. The van der Waals surface area contributed by atoms with E-state index in [0.29, 0.717) is 31.0 Å². The lowest BCUT2D eigenvalue weighted by atomic mass is 9.84. The first kappa shape index (κ1) is 17.1. The molecule has 0 radical (unpaired) electrons. The van der Waals surface area contributed by atoms with Crippen LogP contribution in [-0.4, -0.2) is 40.2 Å². The largest absolute Gasteiger partial charge is 0.465 e. The number of nitrogens with two attached hydrogens (primary N) is 1. The zero-order valence-corrected chi connectivity index (χ0v) is 13.9. The van der Waals surface area contributed by atoms with Crippen LogP contribution < -0.4 is 5.73 Å². The van der Waals surface area contributed by atoms with E-state index in [2.05, 4.69) is 19.0 Å². The lowest BCUT2D eigenvalue weighted by Gasteiger charge is -2.24. The summed E-state index contributed by atoms with van der Waals surface area (Å²) in [6.07, 6.45) is 0.703. The van der Waals surface area contributed by atoms with Crippen LogP contribution in [0.2, 0.25) is 0 Å². The molecule has 1 aliphatic rings. The molecule has 4 N–H and O–H groups in total. The summed E-state index contributed by atoms with van der Waals surface area (Å²) in [4.78, 5) is 12.9. The standard InChI is InChI=1S/C17H25N3O3/c1-10(2)8-12-9-20(17(21)22)7-6-13-11(3)14(16(18)19-23)4-5-15(12)13/h4-5,10,12,23H,6-9H2,1-3H3,(H2,18,19)(H,21,22). The molecule has 126 valence electrons. The zero-order valence-electron chi connectivity index (χ0n) is 13.9. The second kappa shape index (κ2) is 6.89. The summed E-state index contributed by atoms with van der Waals surface area (Å²) in [5.41, 5.74) is 9.75. The van der Waals surface area contributed by atoms with Gasteiger partial charge >= 0.3 is 6.09 Å². The van der Waals surface area contributed by atoms with Gasteiger partial charge in [-0.05, 0) is 42.4 Å². The van der Waals surface area contributed by atoms with Gasteiger partial charge in [-0.3, -0.25) is 0 Å². The highest BCUT2D eigenvalue weighted by Gasteiger charge is 2.28. The van der Waals surface area contributed by atoms with Crippen LogP contribution in [0.3, 0.4) is 0 Å². The molecule has 1 aromatic rings. The van der Waals surface area contributed by atoms with Crippen LogP contribution in [0.15, 0.2) is 17.3 Å². The number of hydrogen-bond acceptors (Lipinski definition) is 3. The van der Waals surface area contributed by atoms with Crippen LogP contribution in [0.1, 0.15) is 48.4 Å². The molecular formula is C17H25N3O3. The minimum Gasteiger partial charge on any atom is -0.465 e. The average Bonchev–Trinajstić information content (AvgIpc) is 2.67. The number of benzene rings is 1. The highest BCUT2D eigenvalue weighted by atomic mass is 16.4. The molecule has 6 heteroatoms.